The molecule has 0 aliphatic heterocycles. The Morgan fingerprint density at radius 1 is 1.28 bits per heavy atom. The minimum absolute atomic E-state index is 0.297. The van der Waals surface area contributed by atoms with E-state index in [4.69, 9.17) is 0 Å². The summed E-state index contributed by atoms with van der Waals surface area (Å²) < 4.78 is 4.11. The third kappa shape index (κ3) is 1.98. The summed E-state index contributed by atoms with van der Waals surface area (Å²) in [5.41, 5.74) is 3.28. The number of hydrogen-bond donors (Lipinski definition) is 0. The van der Waals surface area contributed by atoms with Crippen LogP contribution in [0.5, 0.6) is 0 Å². The lowest BCUT2D eigenvalue weighted by Gasteiger charge is -2.03. The highest BCUT2D eigenvalue weighted by atomic mass is 16.1. The zero-order valence-electron chi connectivity index (χ0n) is 10.6. The maximum absolute atomic E-state index is 12.0. The molecule has 0 spiro atoms. The molecule has 0 saturated heterocycles. The van der Waals surface area contributed by atoms with Crippen molar-refractivity contribution in [2.24, 2.45) is 7.05 Å². The van der Waals surface area contributed by atoms with Crippen LogP contribution in [0.25, 0.3) is 0 Å². The Balaban J connectivity index is 1.89. The summed E-state index contributed by atoms with van der Waals surface area (Å²) in [6.07, 6.45) is 11.6. The fraction of sp³-hybridized carbons (Fsp3) is 0.429. The number of fused-ring (bicyclic) bond motifs is 1. The molecule has 2 aromatic heterocycles. The quantitative estimate of drug-likeness (QED) is 0.758. The first kappa shape index (κ1) is 11.3. The summed E-state index contributed by atoms with van der Waals surface area (Å²) in [6.45, 7) is 0.775. The van der Waals surface area contributed by atoms with Crippen LogP contribution in [0.4, 0.5) is 0 Å². The summed E-state index contributed by atoms with van der Waals surface area (Å²) in [5, 5.41) is 0. The number of carbonyl (C=O) groups is 1. The molecule has 94 valence electrons. The van der Waals surface area contributed by atoms with E-state index in [0.717, 1.165) is 37.1 Å². The summed E-state index contributed by atoms with van der Waals surface area (Å²) in [4.78, 5) is 16.1. The molecule has 0 bridgehead atoms. The summed E-state index contributed by atoms with van der Waals surface area (Å²) in [7, 11) is 1.99. The van der Waals surface area contributed by atoms with E-state index in [0.29, 0.717) is 12.2 Å². The number of imidazole rings is 1. The minimum Gasteiger partial charge on any atom is -0.347 e. The highest BCUT2D eigenvalue weighted by molar-refractivity contribution is 5.97. The molecule has 0 fully saturated rings. The number of hydrogen-bond acceptors (Lipinski definition) is 2. The van der Waals surface area contributed by atoms with Gasteiger partial charge in [0.2, 0.25) is 0 Å². The molecule has 4 nitrogen and oxygen atoms in total. The van der Waals surface area contributed by atoms with Crippen molar-refractivity contribution >= 4 is 5.78 Å². The third-order valence-corrected chi connectivity index (χ3v) is 3.62. The Bertz CT molecular complexity index is 580. The van der Waals surface area contributed by atoms with Crippen molar-refractivity contribution in [3.05, 3.63) is 41.7 Å². The molecule has 0 amide bonds. The van der Waals surface area contributed by atoms with E-state index in [2.05, 4.69) is 15.7 Å². The van der Waals surface area contributed by atoms with E-state index < -0.39 is 0 Å². The number of aromatic nitrogens is 3. The second kappa shape index (κ2) is 4.44. The van der Waals surface area contributed by atoms with Crippen LogP contribution in [0.15, 0.2) is 24.9 Å². The van der Waals surface area contributed by atoms with Crippen LogP contribution < -0.4 is 0 Å². The Morgan fingerprint density at radius 3 is 2.89 bits per heavy atom. The Labute approximate surface area is 106 Å². The highest BCUT2D eigenvalue weighted by Crippen LogP contribution is 2.22. The molecule has 1 aliphatic rings. The first-order chi connectivity index (χ1) is 8.74. The van der Waals surface area contributed by atoms with Gasteiger partial charge in [-0.15, -0.1) is 0 Å². The number of Topliss-reactive ketones (excluding diaryl/α,β-unsaturated/α-hetero) is 1. The van der Waals surface area contributed by atoms with Crippen LogP contribution in [0.3, 0.4) is 0 Å². The third-order valence-electron chi connectivity index (χ3n) is 3.62. The van der Waals surface area contributed by atoms with E-state index in [1.807, 2.05) is 24.0 Å². The maximum atomic E-state index is 12.0. The second-order valence-corrected chi connectivity index (χ2v) is 5.00. The SMILES string of the molecule is Cn1cncc1Cn1cc2c(c1)C(=O)CCCC2. The van der Waals surface area contributed by atoms with Crippen LogP contribution in [0.2, 0.25) is 0 Å². The van der Waals surface area contributed by atoms with Crippen LogP contribution >= 0.6 is 0 Å². The van der Waals surface area contributed by atoms with Crippen LogP contribution in [0, 0.1) is 0 Å². The molecule has 4 heteroatoms. The normalized spacial score (nSPS) is 15.5. The van der Waals surface area contributed by atoms with Gasteiger partial charge in [0, 0.05) is 37.6 Å². The molecule has 0 atom stereocenters. The van der Waals surface area contributed by atoms with Gasteiger partial charge in [0.15, 0.2) is 5.78 Å². The molecule has 2 heterocycles. The monoisotopic (exact) mass is 243 g/mol. The summed E-state index contributed by atoms with van der Waals surface area (Å²) in [5.74, 6) is 0.297. The lowest BCUT2D eigenvalue weighted by molar-refractivity contribution is 0.0982. The zero-order chi connectivity index (χ0) is 12.5. The summed E-state index contributed by atoms with van der Waals surface area (Å²) in [6, 6.07) is 0. The van der Waals surface area contributed by atoms with Crippen LogP contribution in [0.1, 0.15) is 40.9 Å². The largest absolute Gasteiger partial charge is 0.347 e. The predicted molar refractivity (Wildman–Crippen MR) is 68.6 cm³/mol. The van der Waals surface area contributed by atoms with Crippen molar-refractivity contribution in [3.8, 4) is 0 Å². The van der Waals surface area contributed by atoms with Crippen molar-refractivity contribution < 1.29 is 4.79 Å². The van der Waals surface area contributed by atoms with Gasteiger partial charge in [0.25, 0.3) is 0 Å². The van der Waals surface area contributed by atoms with Gasteiger partial charge < -0.3 is 9.13 Å². The van der Waals surface area contributed by atoms with E-state index >= 15 is 0 Å². The van der Waals surface area contributed by atoms with Crippen molar-refractivity contribution in [2.45, 2.75) is 32.2 Å². The first-order valence-corrected chi connectivity index (χ1v) is 6.41. The van der Waals surface area contributed by atoms with Gasteiger partial charge in [-0.2, -0.15) is 0 Å². The van der Waals surface area contributed by atoms with Crippen molar-refractivity contribution in [3.63, 3.8) is 0 Å². The molecular weight excluding hydrogens is 226 g/mol. The lowest BCUT2D eigenvalue weighted by Crippen LogP contribution is -2.02. The van der Waals surface area contributed by atoms with Gasteiger partial charge in [-0.3, -0.25) is 4.79 Å². The zero-order valence-corrected chi connectivity index (χ0v) is 10.6. The Morgan fingerprint density at radius 2 is 2.11 bits per heavy atom. The maximum Gasteiger partial charge on any atom is 0.164 e. The van der Waals surface area contributed by atoms with Crippen molar-refractivity contribution in [2.75, 3.05) is 0 Å². The van der Waals surface area contributed by atoms with Crippen LogP contribution in [-0.2, 0) is 20.0 Å². The molecule has 3 rings (SSSR count). The number of ketones is 1. The average Bonchev–Trinajstić information content (AvgIpc) is 2.89. The van der Waals surface area contributed by atoms with Gasteiger partial charge in [0.05, 0.1) is 18.6 Å². The molecule has 0 radical (unpaired) electrons. The van der Waals surface area contributed by atoms with E-state index in [1.165, 1.54) is 5.56 Å². The Kier molecular flexibility index (Phi) is 2.78. The van der Waals surface area contributed by atoms with E-state index in [1.54, 1.807) is 6.33 Å². The van der Waals surface area contributed by atoms with Crippen molar-refractivity contribution in [1.29, 1.82) is 0 Å². The minimum atomic E-state index is 0.297. The first-order valence-electron chi connectivity index (χ1n) is 6.41. The molecule has 0 aromatic carbocycles. The summed E-state index contributed by atoms with van der Waals surface area (Å²) >= 11 is 0. The van der Waals surface area contributed by atoms with E-state index in [9.17, 15) is 4.79 Å². The van der Waals surface area contributed by atoms with Gasteiger partial charge in [-0.25, -0.2) is 4.98 Å². The topological polar surface area (TPSA) is 39.8 Å². The van der Waals surface area contributed by atoms with Gasteiger partial charge in [-0.05, 0) is 24.8 Å². The number of carbonyl (C=O) groups excluding carboxylic acids is 1. The van der Waals surface area contributed by atoms with Gasteiger partial charge >= 0.3 is 0 Å². The fourth-order valence-corrected chi connectivity index (χ4v) is 2.56. The molecule has 18 heavy (non-hydrogen) atoms. The molecule has 0 saturated carbocycles. The second-order valence-electron chi connectivity index (χ2n) is 5.00. The number of aryl methyl sites for hydroxylation is 2. The van der Waals surface area contributed by atoms with Gasteiger partial charge in [0.1, 0.15) is 0 Å². The molecule has 1 aliphatic carbocycles. The number of rotatable bonds is 2. The van der Waals surface area contributed by atoms with Gasteiger partial charge in [-0.1, -0.05) is 0 Å². The average molecular weight is 243 g/mol. The smallest absolute Gasteiger partial charge is 0.164 e. The molecule has 2 aromatic rings. The predicted octanol–water partition coefficient (Wildman–Crippen LogP) is 2.18. The van der Waals surface area contributed by atoms with Crippen LogP contribution in [-0.4, -0.2) is 19.9 Å². The molecule has 0 unspecified atom stereocenters. The molecule has 0 N–H and O–H groups in total. The van der Waals surface area contributed by atoms with Crippen molar-refractivity contribution in [1.82, 2.24) is 14.1 Å². The fourth-order valence-electron chi connectivity index (χ4n) is 2.56. The highest BCUT2D eigenvalue weighted by Gasteiger charge is 2.17. The lowest BCUT2D eigenvalue weighted by atomic mass is 10.1. The molecular formula is C14H17N3O. The number of nitrogens with zero attached hydrogens (tertiary/aromatic N) is 3. The standard InChI is InChI=1S/C14H17N3O/c1-16-10-15-6-12(16)8-17-7-11-4-2-3-5-14(18)13(11)9-17/h6-7,9-10H,2-5,8H2,1H3. The van der Waals surface area contributed by atoms with E-state index in [-0.39, 0.29) is 0 Å². The Hall–Kier alpha value is -1.84.